The first kappa shape index (κ1) is 19.2. The third kappa shape index (κ3) is 4.05. The summed E-state index contributed by atoms with van der Waals surface area (Å²) >= 11 is 0. The van der Waals surface area contributed by atoms with Gasteiger partial charge in [-0.25, -0.2) is 0 Å². The fourth-order valence-electron chi connectivity index (χ4n) is 3.91. The van der Waals surface area contributed by atoms with Gasteiger partial charge in [0, 0.05) is 6.54 Å². The van der Waals surface area contributed by atoms with E-state index in [2.05, 4.69) is 10.6 Å². The zero-order valence-electron chi connectivity index (χ0n) is 15.2. The van der Waals surface area contributed by atoms with Crippen LogP contribution >= 0.6 is 0 Å². The summed E-state index contributed by atoms with van der Waals surface area (Å²) in [5.41, 5.74) is 6.21. The zero-order chi connectivity index (χ0) is 19.4. The summed E-state index contributed by atoms with van der Waals surface area (Å²) in [6.07, 6.45) is 2.99. The van der Waals surface area contributed by atoms with Crippen molar-refractivity contribution in [2.75, 3.05) is 19.6 Å². The van der Waals surface area contributed by atoms with Crippen LogP contribution in [0.5, 0.6) is 5.75 Å². The van der Waals surface area contributed by atoms with Crippen LogP contribution in [0, 0.1) is 5.92 Å². The number of piperazine rings is 1. The highest BCUT2D eigenvalue weighted by Crippen LogP contribution is 2.42. The Labute approximate surface area is 158 Å². The van der Waals surface area contributed by atoms with E-state index in [1.54, 1.807) is 12.1 Å². The molecule has 3 atom stereocenters. The minimum absolute atomic E-state index is 0.0582. The summed E-state index contributed by atoms with van der Waals surface area (Å²) in [4.78, 5) is 39.1. The number of phenols is 1. The Morgan fingerprint density at radius 2 is 1.96 bits per heavy atom. The number of hydrogen-bond donors (Lipinski definition) is 4. The number of carbonyl (C=O) groups excluding carboxylic acids is 3. The second-order valence-electron chi connectivity index (χ2n) is 7.05. The first-order valence-electron chi connectivity index (χ1n) is 9.38. The van der Waals surface area contributed by atoms with Gasteiger partial charge in [0.25, 0.3) is 0 Å². The highest BCUT2D eigenvalue weighted by Gasteiger charge is 2.51. The number of carbonyl (C=O) groups is 3. The monoisotopic (exact) mass is 374 g/mol. The van der Waals surface area contributed by atoms with Crippen LogP contribution in [0.4, 0.5) is 0 Å². The van der Waals surface area contributed by atoms with Crippen molar-refractivity contribution < 1.29 is 19.5 Å². The molecular formula is C19H26N4O4. The fraction of sp³-hybridized carbons (Fsp3) is 0.526. The maximum atomic E-state index is 12.8. The highest BCUT2D eigenvalue weighted by molar-refractivity contribution is 5.97. The van der Waals surface area contributed by atoms with E-state index < -0.39 is 18.0 Å². The van der Waals surface area contributed by atoms with Crippen molar-refractivity contribution in [2.24, 2.45) is 11.7 Å². The maximum absolute atomic E-state index is 12.8. The van der Waals surface area contributed by atoms with Crippen LogP contribution in [0.2, 0.25) is 0 Å². The Morgan fingerprint density at radius 1 is 1.22 bits per heavy atom. The molecule has 2 heterocycles. The van der Waals surface area contributed by atoms with Crippen molar-refractivity contribution in [3.63, 3.8) is 0 Å². The number of fused-ring (bicyclic) bond motifs is 1. The van der Waals surface area contributed by atoms with E-state index in [9.17, 15) is 19.5 Å². The van der Waals surface area contributed by atoms with Crippen LogP contribution < -0.4 is 16.4 Å². The van der Waals surface area contributed by atoms with Gasteiger partial charge in [0.1, 0.15) is 11.8 Å². The lowest BCUT2D eigenvalue weighted by Crippen LogP contribution is -2.56. The normalized spacial score (nSPS) is 24.5. The van der Waals surface area contributed by atoms with Gasteiger partial charge in [-0.1, -0.05) is 18.6 Å². The van der Waals surface area contributed by atoms with Gasteiger partial charge in [0.15, 0.2) is 0 Å². The van der Waals surface area contributed by atoms with Crippen molar-refractivity contribution in [3.05, 3.63) is 29.8 Å². The number of nitrogens with two attached hydrogens (primary N) is 1. The Bertz CT molecular complexity index is 706. The number of nitrogens with zero attached hydrogens (tertiary/aromatic N) is 1. The number of benzene rings is 1. The average molecular weight is 374 g/mol. The smallest absolute Gasteiger partial charge is 0.243 e. The largest absolute Gasteiger partial charge is 0.508 e. The molecule has 0 radical (unpaired) electrons. The number of rotatable bonds is 7. The molecule has 1 aromatic carbocycles. The summed E-state index contributed by atoms with van der Waals surface area (Å²) in [7, 11) is 0. The van der Waals surface area contributed by atoms with Crippen LogP contribution in [0.15, 0.2) is 24.3 Å². The lowest BCUT2D eigenvalue weighted by atomic mass is 9.92. The number of phenolic OH excluding ortho intramolecular Hbond substituents is 1. The van der Waals surface area contributed by atoms with Crippen molar-refractivity contribution in [2.45, 2.75) is 37.8 Å². The second kappa shape index (κ2) is 8.39. The summed E-state index contributed by atoms with van der Waals surface area (Å²) in [5, 5.41) is 15.1. The molecule has 5 N–H and O–H groups in total. The first-order valence-corrected chi connectivity index (χ1v) is 9.38. The molecule has 3 rings (SSSR count). The van der Waals surface area contributed by atoms with E-state index in [1.165, 1.54) is 17.0 Å². The topological polar surface area (TPSA) is 125 Å². The molecule has 8 nitrogen and oxygen atoms in total. The predicted molar refractivity (Wildman–Crippen MR) is 98.5 cm³/mol. The van der Waals surface area contributed by atoms with Crippen molar-refractivity contribution in [1.82, 2.24) is 15.5 Å². The number of hydrogen-bond acceptors (Lipinski definition) is 5. The molecule has 2 saturated heterocycles. The maximum Gasteiger partial charge on any atom is 0.243 e. The van der Waals surface area contributed by atoms with Crippen LogP contribution in [-0.4, -0.2) is 53.4 Å². The fourth-order valence-corrected chi connectivity index (χ4v) is 3.91. The summed E-state index contributed by atoms with van der Waals surface area (Å²) in [6, 6.07) is 5.29. The minimum atomic E-state index is -0.641. The van der Waals surface area contributed by atoms with E-state index in [0.717, 1.165) is 24.8 Å². The second-order valence-corrected chi connectivity index (χ2v) is 7.05. The minimum Gasteiger partial charge on any atom is -0.508 e. The van der Waals surface area contributed by atoms with E-state index >= 15 is 0 Å². The van der Waals surface area contributed by atoms with Gasteiger partial charge in [-0.15, -0.1) is 0 Å². The quantitative estimate of drug-likeness (QED) is 0.501. The Hall–Kier alpha value is -2.61. The van der Waals surface area contributed by atoms with Gasteiger partial charge in [-0.3, -0.25) is 14.4 Å². The molecule has 3 amide bonds. The molecule has 0 bridgehead atoms. The van der Waals surface area contributed by atoms with Crippen molar-refractivity contribution in [1.29, 1.82) is 0 Å². The van der Waals surface area contributed by atoms with Crippen LogP contribution in [-0.2, 0) is 14.4 Å². The summed E-state index contributed by atoms with van der Waals surface area (Å²) < 4.78 is 0. The number of unbranched alkanes of at least 4 members (excludes halogenated alkanes) is 2. The number of aromatic hydroxyl groups is 1. The standard InChI is InChI=1S/C19H26N4O4/c20-8-2-1-3-9-21-18(26)14-10-15-19(27)22-11-16(25)23(15)17(14)12-4-6-13(24)7-5-12/h4-7,14-15,17,24H,1-3,8-11,20H2,(H,21,26)(H,22,27)/t14-,15-,17-/m1/s1. The van der Waals surface area contributed by atoms with Gasteiger partial charge in [-0.05, 0) is 43.5 Å². The van der Waals surface area contributed by atoms with E-state index in [-0.39, 0.29) is 36.4 Å². The average Bonchev–Trinajstić information content (AvgIpc) is 3.07. The Kier molecular flexibility index (Phi) is 5.95. The number of amides is 3. The van der Waals surface area contributed by atoms with Crippen LogP contribution in [0.3, 0.4) is 0 Å². The zero-order valence-corrected chi connectivity index (χ0v) is 15.2. The first-order chi connectivity index (χ1) is 13.0. The van der Waals surface area contributed by atoms with E-state index in [0.29, 0.717) is 13.1 Å². The molecule has 0 spiro atoms. The van der Waals surface area contributed by atoms with Gasteiger partial charge < -0.3 is 26.4 Å². The van der Waals surface area contributed by atoms with E-state index in [4.69, 9.17) is 5.73 Å². The van der Waals surface area contributed by atoms with Gasteiger partial charge >= 0.3 is 0 Å². The Morgan fingerprint density at radius 3 is 2.67 bits per heavy atom. The van der Waals surface area contributed by atoms with Crippen LogP contribution in [0.1, 0.15) is 37.3 Å². The predicted octanol–water partition coefficient (Wildman–Crippen LogP) is 0.0254. The summed E-state index contributed by atoms with van der Waals surface area (Å²) in [5.74, 6) is -0.984. The van der Waals surface area contributed by atoms with Gasteiger partial charge in [0.05, 0.1) is 18.5 Å². The van der Waals surface area contributed by atoms with Crippen molar-refractivity contribution in [3.8, 4) is 5.75 Å². The molecule has 2 aliphatic rings. The lowest BCUT2D eigenvalue weighted by Gasteiger charge is -2.34. The van der Waals surface area contributed by atoms with Crippen molar-refractivity contribution >= 4 is 17.7 Å². The molecule has 27 heavy (non-hydrogen) atoms. The van der Waals surface area contributed by atoms with E-state index in [1.807, 2.05) is 0 Å². The third-order valence-electron chi connectivity index (χ3n) is 5.25. The molecule has 1 aromatic rings. The highest BCUT2D eigenvalue weighted by atomic mass is 16.3. The summed E-state index contributed by atoms with van der Waals surface area (Å²) in [6.45, 7) is 1.12. The molecule has 2 fully saturated rings. The van der Waals surface area contributed by atoms with Crippen LogP contribution in [0.25, 0.3) is 0 Å². The Balaban J connectivity index is 1.79. The number of nitrogens with one attached hydrogen (secondary N) is 2. The van der Waals surface area contributed by atoms with Gasteiger partial charge in [0.2, 0.25) is 17.7 Å². The lowest BCUT2D eigenvalue weighted by molar-refractivity contribution is -0.145. The van der Waals surface area contributed by atoms with Gasteiger partial charge in [-0.2, -0.15) is 0 Å². The molecule has 0 aromatic heterocycles. The molecule has 0 saturated carbocycles. The molecule has 0 unspecified atom stereocenters. The molecule has 146 valence electrons. The molecular weight excluding hydrogens is 348 g/mol. The molecule has 2 aliphatic heterocycles. The molecule has 0 aliphatic carbocycles. The SMILES string of the molecule is NCCCCCNC(=O)[C@@H]1C[C@@H]2C(=O)NCC(=O)N2[C@@H]1c1ccc(O)cc1. The molecule has 8 heteroatoms. The third-order valence-corrected chi connectivity index (χ3v) is 5.25.